The number of hydrazine groups is 1. The van der Waals surface area contributed by atoms with Crippen molar-refractivity contribution in [3.63, 3.8) is 0 Å². The smallest absolute Gasteiger partial charge is 0.289 e. The SMILES string of the molecule is CC(C)CCOc1ccc(C(=O)NNS(=O)(=O)c2ccccc2[N+](=O)[O-])cc1. The number of nitro benzene ring substituents is 1. The average molecular weight is 407 g/mol. The Morgan fingerprint density at radius 1 is 1.14 bits per heavy atom. The number of sulfonamides is 1. The molecule has 0 heterocycles. The first-order chi connectivity index (χ1) is 13.2. The zero-order valence-electron chi connectivity index (χ0n) is 15.4. The number of hydrogen-bond acceptors (Lipinski definition) is 6. The normalized spacial score (nSPS) is 11.2. The van der Waals surface area contributed by atoms with E-state index >= 15 is 0 Å². The summed E-state index contributed by atoms with van der Waals surface area (Å²) >= 11 is 0. The first-order valence-electron chi connectivity index (χ1n) is 8.49. The molecule has 0 radical (unpaired) electrons. The third kappa shape index (κ3) is 5.76. The van der Waals surface area contributed by atoms with Gasteiger partial charge in [-0.15, -0.1) is 4.83 Å². The second kappa shape index (κ2) is 9.29. The third-order valence-electron chi connectivity index (χ3n) is 3.73. The molecule has 2 aromatic carbocycles. The number of carbonyl (C=O) groups is 1. The van der Waals surface area contributed by atoms with Crippen LogP contribution in [0.3, 0.4) is 0 Å². The van der Waals surface area contributed by atoms with Crippen molar-refractivity contribution in [1.29, 1.82) is 0 Å². The van der Waals surface area contributed by atoms with Crippen LogP contribution in [0, 0.1) is 16.0 Å². The van der Waals surface area contributed by atoms with E-state index in [0.29, 0.717) is 18.3 Å². The lowest BCUT2D eigenvalue weighted by Gasteiger charge is -2.10. The summed E-state index contributed by atoms with van der Waals surface area (Å²) in [4.78, 5) is 23.6. The van der Waals surface area contributed by atoms with Gasteiger partial charge in [0.05, 0.1) is 11.5 Å². The summed E-state index contributed by atoms with van der Waals surface area (Å²) in [5, 5.41) is 11.0. The molecule has 0 aliphatic heterocycles. The second-order valence-corrected chi connectivity index (χ2v) is 7.99. The number of nitrogens with one attached hydrogen (secondary N) is 2. The Bertz CT molecular complexity index is 942. The number of rotatable bonds is 9. The molecule has 0 spiro atoms. The highest BCUT2D eigenvalue weighted by atomic mass is 32.2. The molecule has 2 rings (SSSR count). The fraction of sp³-hybridized carbons (Fsp3) is 0.278. The van der Waals surface area contributed by atoms with Crippen molar-refractivity contribution in [3.8, 4) is 5.75 Å². The first-order valence-corrected chi connectivity index (χ1v) is 9.97. The zero-order valence-corrected chi connectivity index (χ0v) is 16.2. The minimum atomic E-state index is -4.32. The lowest BCUT2D eigenvalue weighted by molar-refractivity contribution is -0.387. The van der Waals surface area contributed by atoms with Gasteiger partial charge in [0, 0.05) is 11.6 Å². The molecule has 28 heavy (non-hydrogen) atoms. The fourth-order valence-corrected chi connectivity index (χ4v) is 3.20. The van der Waals surface area contributed by atoms with Crippen LogP contribution in [0.1, 0.15) is 30.6 Å². The number of ether oxygens (including phenoxy) is 1. The molecule has 150 valence electrons. The van der Waals surface area contributed by atoms with Crippen LogP contribution < -0.4 is 15.0 Å². The maximum absolute atomic E-state index is 12.3. The molecule has 0 bridgehead atoms. The Hall–Kier alpha value is -2.98. The van der Waals surface area contributed by atoms with Crippen LogP contribution in [0.5, 0.6) is 5.75 Å². The van der Waals surface area contributed by atoms with Gasteiger partial charge in [-0.25, -0.2) is 8.42 Å². The summed E-state index contributed by atoms with van der Waals surface area (Å²) in [5.74, 6) is 0.395. The van der Waals surface area contributed by atoms with Crippen molar-refractivity contribution in [2.45, 2.75) is 25.2 Å². The van der Waals surface area contributed by atoms with E-state index in [1.807, 2.05) is 10.3 Å². The highest BCUT2D eigenvalue weighted by Crippen LogP contribution is 2.22. The number of nitrogens with zero attached hydrogens (tertiary/aromatic N) is 1. The van der Waals surface area contributed by atoms with Gasteiger partial charge >= 0.3 is 0 Å². The van der Waals surface area contributed by atoms with E-state index in [-0.39, 0.29) is 5.56 Å². The Balaban J connectivity index is 2.01. The van der Waals surface area contributed by atoms with E-state index in [0.717, 1.165) is 18.6 Å². The molecule has 9 nitrogen and oxygen atoms in total. The Morgan fingerprint density at radius 2 is 1.79 bits per heavy atom. The predicted molar refractivity (Wildman–Crippen MR) is 102 cm³/mol. The van der Waals surface area contributed by atoms with E-state index < -0.39 is 31.4 Å². The van der Waals surface area contributed by atoms with Crippen molar-refractivity contribution in [1.82, 2.24) is 10.3 Å². The Morgan fingerprint density at radius 3 is 2.39 bits per heavy atom. The van der Waals surface area contributed by atoms with Crippen molar-refractivity contribution < 1.29 is 22.9 Å². The molecule has 2 aromatic rings. The van der Waals surface area contributed by atoms with Gasteiger partial charge in [-0.05, 0) is 42.7 Å². The van der Waals surface area contributed by atoms with Gasteiger partial charge in [-0.3, -0.25) is 20.3 Å². The maximum atomic E-state index is 12.3. The van der Waals surface area contributed by atoms with Crippen LogP contribution in [0.25, 0.3) is 0 Å². The van der Waals surface area contributed by atoms with Crippen molar-refractivity contribution in [2.75, 3.05) is 6.61 Å². The van der Waals surface area contributed by atoms with Crippen molar-refractivity contribution >= 4 is 21.6 Å². The van der Waals surface area contributed by atoms with Crippen LogP contribution >= 0.6 is 0 Å². The van der Waals surface area contributed by atoms with Crippen LogP contribution in [0.2, 0.25) is 0 Å². The third-order valence-corrected chi connectivity index (χ3v) is 5.03. The van der Waals surface area contributed by atoms with Gasteiger partial charge in [-0.2, -0.15) is 0 Å². The van der Waals surface area contributed by atoms with Crippen LogP contribution in [-0.2, 0) is 10.0 Å². The van der Waals surface area contributed by atoms with Crippen molar-refractivity contribution in [2.24, 2.45) is 5.92 Å². The predicted octanol–water partition coefficient (Wildman–Crippen LogP) is 2.64. The summed E-state index contributed by atoms with van der Waals surface area (Å²) in [7, 11) is -4.32. The first kappa shape index (κ1) is 21.3. The summed E-state index contributed by atoms with van der Waals surface area (Å²) in [6, 6.07) is 11.0. The van der Waals surface area contributed by atoms with E-state index in [1.54, 1.807) is 12.1 Å². The minimum absolute atomic E-state index is 0.196. The van der Waals surface area contributed by atoms with E-state index in [1.165, 1.54) is 24.3 Å². The van der Waals surface area contributed by atoms with Gasteiger partial charge in [-0.1, -0.05) is 26.0 Å². The molecule has 0 aromatic heterocycles. The second-order valence-electron chi connectivity index (χ2n) is 6.34. The summed E-state index contributed by atoms with van der Waals surface area (Å²) in [6.07, 6.45) is 0.898. The highest BCUT2D eigenvalue weighted by molar-refractivity contribution is 7.89. The van der Waals surface area contributed by atoms with Gasteiger partial charge in [0.25, 0.3) is 21.6 Å². The topological polar surface area (TPSA) is 128 Å². The Labute approximate surface area is 162 Å². The average Bonchev–Trinajstić information content (AvgIpc) is 2.66. The maximum Gasteiger partial charge on any atom is 0.289 e. The standard InChI is InChI=1S/C18H21N3O6S/c1-13(2)11-12-27-15-9-7-14(8-10-15)18(22)19-20-28(25,26)17-6-4-3-5-16(17)21(23)24/h3-10,13,20H,11-12H2,1-2H3,(H,19,22). The molecule has 0 unspecified atom stereocenters. The van der Waals surface area contributed by atoms with E-state index in [2.05, 4.69) is 13.8 Å². The quantitative estimate of drug-likeness (QED) is 0.486. The molecule has 0 aliphatic carbocycles. The fourth-order valence-electron chi connectivity index (χ4n) is 2.19. The number of nitro groups is 1. The number of amides is 1. The molecule has 0 saturated carbocycles. The summed E-state index contributed by atoms with van der Waals surface area (Å²) in [5.41, 5.74) is 1.65. The largest absolute Gasteiger partial charge is 0.494 e. The van der Waals surface area contributed by atoms with Crippen LogP contribution in [0.15, 0.2) is 53.4 Å². The monoisotopic (exact) mass is 407 g/mol. The Kier molecular flexibility index (Phi) is 7.07. The van der Waals surface area contributed by atoms with E-state index in [4.69, 9.17) is 4.74 Å². The molecule has 0 atom stereocenters. The lowest BCUT2D eigenvalue weighted by atomic mass is 10.1. The molecule has 2 N–H and O–H groups in total. The highest BCUT2D eigenvalue weighted by Gasteiger charge is 2.25. The van der Waals surface area contributed by atoms with Crippen LogP contribution in [0.4, 0.5) is 5.69 Å². The molecular formula is C18H21N3O6S. The molecule has 0 aliphatic rings. The van der Waals surface area contributed by atoms with Gasteiger partial charge < -0.3 is 4.74 Å². The number of hydrogen-bond donors (Lipinski definition) is 2. The molecule has 10 heteroatoms. The molecular weight excluding hydrogens is 386 g/mol. The van der Waals surface area contributed by atoms with E-state index in [9.17, 15) is 23.3 Å². The minimum Gasteiger partial charge on any atom is -0.494 e. The molecule has 1 amide bonds. The molecule has 0 saturated heterocycles. The van der Waals surface area contributed by atoms with Crippen molar-refractivity contribution in [3.05, 3.63) is 64.2 Å². The number of benzene rings is 2. The van der Waals surface area contributed by atoms with Gasteiger partial charge in [0.2, 0.25) is 0 Å². The summed E-state index contributed by atoms with van der Waals surface area (Å²) in [6.45, 7) is 4.72. The van der Waals surface area contributed by atoms with Crippen LogP contribution in [-0.4, -0.2) is 25.9 Å². The molecule has 0 fully saturated rings. The number of carbonyl (C=O) groups excluding carboxylic acids is 1. The van der Waals surface area contributed by atoms with Gasteiger partial charge in [0.1, 0.15) is 5.75 Å². The zero-order chi connectivity index (χ0) is 20.7. The summed E-state index contributed by atoms with van der Waals surface area (Å²) < 4.78 is 30.1. The van der Waals surface area contributed by atoms with Gasteiger partial charge in [0.15, 0.2) is 4.90 Å². The lowest BCUT2D eigenvalue weighted by Crippen LogP contribution is -2.41. The number of para-hydroxylation sites is 1.